The Labute approximate surface area is 154 Å². The molecule has 1 atom stereocenters. The van der Waals surface area contributed by atoms with Crippen LogP contribution in [-0.4, -0.2) is 54.7 Å². The number of piperidine rings is 1. The van der Waals surface area contributed by atoms with E-state index < -0.39 is 0 Å². The molecule has 0 aromatic heterocycles. The molecule has 2 aliphatic rings. The molecule has 2 aliphatic heterocycles. The summed E-state index contributed by atoms with van der Waals surface area (Å²) in [7, 11) is 0. The van der Waals surface area contributed by atoms with E-state index in [0.717, 1.165) is 29.4 Å². The summed E-state index contributed by atoms with van der Waals surface area (Å²) in [6.45, 7) is 5.00. The lowest BCUT2D eigenvalue weighted by atomic mass is 10.0. The number of para-hydroxylation sites is 1. The van der Waals surface area contributed by atoms with Gasteiger partial charge in [0.25, 0.3) is 0 Å². The highest BCUT2D eigenvalue weighted by Crippen LogP contribution is 2.33. The number of thioether (sulfide) groups is 1. The number of carbonyl (C=O) groups is 2. The summed E-state index contributed by atoms with van der Waals surface area (Å²) in [6.07, 6.45) is 4.26. The second-order valence-electron chi connectivity index (χ2n) is 6.78. The van der Waals surface area contributed by atoms with Gasteiger partial charge in [0.15, 0.2) is 0 Å². The lowest BCUT2D eigenvalue weighted by molar-refractivity contribution is -0.123. The van der Waals surface area contributed by atoms with Crippen molar-refractivity contribution in [2.45, 2.75) is 43.5 Å². The lowest BCUT2D eigenvalue weighted by Gasteiger charge is -2.33. The molecule has 6 heteroatoms. The Kier molecular flexibility index (Phi) is 6.37. The van der Waals surface area contributed by atoms with Gasteiger partial charge >= 0.3 is 0 Å². The van der Waals surface area contributed by atoms with Gasteiger partial charge in [0.1, 0.15) is 6.54 Å². The zero-order chi connectivity index (χ0) is 17.6. The van der Waals surface area contributed by atoms with E-state index in [-0.39, 0.29) is 18.4 Å². The van der Waals surface area contributed by atoms with Crippen LogP contribution in [0.2, 0.25) is 0 Å². The molecule has 0 spiro atoms. The molecule has 5 nitrogen and oxygen atoms in total. The standard InChI is InChI=1S/C19H27N3O2S/c1-15-6-4-5-11-21(15)12-10-20-18(23)14-22-16-7-2-3-8-17(16)25-13-9-19(22)24/h2-3,7-8,15H,4-6,9-14H2,1H3,(H,20,23). The molecular weight excluding hydrogens is 334 g/mol. The molecule has 1 saturated heterocycles. The lowest BCUT2D eigenvalue weighted by Crippen LogP contribution is -2.45. The van der Waals surface area contributed by atoms with Crippen LogP contribution in [0, 0.1) is 0 Å². The van der Waals surface area contributed by atoms with Crippen LogP contribution >= 0.6 is 11.8 Å². The number of carbonyl (C=O) groups excluding carboxylic acids is 2. The number of hydrogen-bond donors (Lipinski definition) is 1. The molecule has 1 unspecified atom stereocenters. The largest absolute Gasteiger partial charge is 0.353 e. The number of nitrogens with zero attached hydrogens (tertiary/aromatic N) is 2. The van der Waals surface area contributed by atoms with Crippen LogP contribution in [0.5, 0.6) is 0 Å². The number of fused-ring (bicyclic) bond motifs is 1. The van der Waals surface area contributed by atoms with Crippen molar-refractivity contribution >= 4 is 29.3 Å². The fourth-order valence-corrected chi connectivity index (χ4v) is 4.52. The molecule has 1 aromatic rings. The highest BCUT2D eigenvalue weighted by molar-refractivity contribution is 7.99. The number of amides is 2. The maximum Gasteiger partial charge on any atom is 0.240 e. The normalized spacial score (nSPS) is 21.6. The summed E-state index contributed by atoms with van der Waals surface area (Å²) in [6, 6.07) is 8.43. The van der Waals surface area contributed by atoms with E-state index in [0.29, 0.717) is 19.0 Å². The average molecular weight is 362 g/mol. The first-order valence-electron chi connectivity index (χ1n) is 9.18. The molecule has 0 bridgehead atoms. The van der Waals surface area contributed by atoms with Crippen LogP contribution in [0.25, 0.3) is 0 Å². The summed E-state index contributed by atoms with van der Waals surface area (Å²) in [4.78, 5) is 29.9. The smallest absolute Gasteiger partial charge is 0.240 e. The highest BCUT2D eigenvalue weighted by atomic mass is 32.2. The van der Waals surface area contributed by atoms with E-state index in [1.165, 1.54) is 19.3 Å². The molecule has 1 aromatic carbocycles. The highest BCUT2D eigenvalue weighted by Gasteiger charge is 2.24. The number of likely N-dealkylation sites (tertiary alicyclic amines) is 1. The maximum atomic E-state index is 12.4. The van der Waals surface area contributed by atoms with E-state index in [1.807, 2.05) is 24.3 Å². The van der Waals surface area contributed by atoms with Crippen molar-refractivity contribution in [1.82, 2.24) is 10.2 Å². The van der Waals surface area contributed by atoms with Gasteiger partial charge in [-0.05, 0) is 38.4 Å². The van der Waals surface area contributed by atoms with Crippen LogP contribution < -0.4 is 10.2 Å². The minimum Gasteiger partial charge on any atom is -0.353 e. The fourth-order valence-electron chi connectivity index (χ4n) is 3.52. The number of hydrogen-bond acceptors (Lipinski definition) is 4. The van der Waals surface area contributed by atoms with E-state index in [9.17, 15) is 9.59 Å². The van der Waals surface area contributed by atoms with Gasteiger partial charge in [-0.25, -0.2) is 0 Å². The first-order chi connectivity index (χ1) is 12.1. The van der Waals surface area contributed by atoms with Gasteiger partial charge in [0, 0.05) is 36.2 Å². The molecule has 0 radical (unpaired) electrons. The summed E-state index contributed by atoms with van der Waals surface area (Å²) in [5, 5.41) is 2.99. The summed E-state index contributed by atoms with van der Waals surface area (Å²) >= 11 is 1.68. The van der Waals surface area contributed by atoms with Crippen molar-refractivity contribution in [1.29, 1.82) is 0 Å². The predicted octanol–water partition coefficient (Wildman–Crippen LogP) is 2.51. The Morgan fingerprint density at radius 3 is 3.00 bits per heavy atom. The van der Waals surface area contributed by atoms with Gasteiger partial charge < -0.3 is 10.2 Å². The predicted molar refractivity (Wildman–Crippen MR) is 102 cm³/mol. The third-order valence-corrected chi connectivity index (χ3v) is 6.06. The van der Waals surface area contributed by atoms with Crippen molar-refractivity contribution < 1.29 is 9.59 Å². The van der Waals surface area contributed by atoms with Crippen LogP contribution in [0.4, 0.5) is 5.69 Å². The minimum absolute atomic E-state index is 0.0252. The third kappa shape index (κ3) is 4.76. The fraction of sp³-hybridized carbons (Fsp3) is 0.579. The second-order valence-corrected chi connectivity index (χ2v) is 7.91. The van der Waals surface area contributed by atoms with Gasteiger partial charge in [0.05, 0.1) is 5.69 Å². The van der Waals surface area contributed by atoms with E-state index >= 15 is 0 Å². The Balaban J connectivity index is 1.54. The van der Waals surface area contributed by atoms with Crippen molar-refractivity contribution in [3.8, 4) is 0 Å². The van der Waals surface area contributed by atoms with Crippen LogP contribution in [0.3, 0.4) is 0 Å². The Morgan fingerprint density at radius 1 is 1.32 bits per heavy atom. The van der Waals surface area contributed by atoms with Gasteiger partial charge in [-0.3, -0.25) is 14.5 Å². The molecule has 1 fully saturated rings. The number of benzene rings is 1. The zero-order valence-corrected chi connectivity index (χ0v) is 15.7. The summed E-state index contributed by atoms with van der Waals surface area (Å²) in [5.41, 5.74) is 0.856. The van der Waals surface area contributed by atoms with Crippen molar-refractivity contribution in [3.05, 3.63) is 24.3 Å². The molecule has 0 saturated carbocycles. The third-order valence-electron chi connectivity index (χ3n) is 4.99. The number of rotatable bonds is 5. The first kappa shape index (κ1) is 18.3. The maximum absolute atomic E-state index is 12.4. The van der Waals surface area contributed by atoms with Crippen molar-refractivity contribution in [2.24, 2.45) is 0 Å². The second kappa shape index (κ2) is 8.72. The summed E-state index contributed by atoms with van der Waals surface area (Å²) < 4.78 is 0. The van der Waals surface area contributed by atoms with Gasteiger partial charge in [-0.15, -0.1) is 11.8 Å². The minimum atomic E-state index is -0.0836. The average Bonchev–Trinajstić information content (AvgIpc) is 2.76. The Bertz CT molecular complexity index is 622. The van der Waals surface area contributed by atoms with E-state index in [2.05, 4.69) is 17.1 Å². The van der Waals surface area contributed by atoms with Gasteiger partial charge in [-0.1, -0.05) is 18.6 Å². The quantitative estimate of drug-likeness (QED) is 0.876. The van der Waals surface area contributed by atoms with Crippen LogP contribution in [-0.2, 0) is 9.59 Å². The van der Waals surface area contributed by atoms with E-state index in [1.54, 1.807) is 16.7 Å². The first-order valence-corrected chi connectivity index (χ1v) is 10.2. The van der Waals surface area contributed by atoms with Gasteiger partial charge in [-0.2, -0.15) is 0 Å². The molecule has 0 aliphatic carbocycles. The zero-order valence-electron chi connectivity index (χ0n) is 14.9. The topological polar surface area (TPSA) is 52.7 Å². The SMILES string of the molecule is CC1CCCCN1CCNC(=O)CN1C(=O)CCSc2ccccc21. The van der Waals surface area contributed by atoms with E-state index in [4.69, 9.17) is 0 Å². The van der Waals surface area contributed by atoms with Crippen LogP contribution in [0.1, 0.15) is 32.6 Å². The summed E-state index contributed by atoms with van der Waals surface area (Å²) in [5.74, 6) is 0.706. The monoisotopic (exact) mass is 361 g/mol. The van der Waals surface area contributed by atoms with Crippen molar-refractivity contribution in [3.63, 3.8) is 0 Å². The molecule has 3 rings (SSSR count). The molecule has 2 heterocycles. The molecule has 25 heavy (non-hydrogen) atoms. The Morgan fingerprint density at radius 2 is 2.16 bits per heavy atom. The van der Waals surface area contributed by atoms with Gasteiger partial charge in [0.2, 0.25) is 11.8 Å². The number of anilines is 1. The molecule has 2 amide bonds. The van der Waals surface area contributed by atoms with Crippen molar-refractivity contribution in [2.75, 3.05) is 36.8 Å². The molecule has 136 valence electrons. The number of nitrogens with one attached hydrogen (secondary N) is 1. The Hall–Kier alpha value is -1.53. The van der Waals surface area contributed by atoms with Crippen LogP contribution in [0.15, 0.2) is 29.2 Å². The molecular formula is C19H27N3O2S. The molecule has 1 N–H and O–H groups in total.